The van der Waals surface area contributed by atoms with Crippen molar-refractivity contribution in [3.8, 4) is 0 Å². The molecule has 0 radical (unpaired) electrons. The van der Waals surface area contributed by atoms with E-state index in [-0.39, 0.29) is 17.0 Å². The van der Waals surface area contributed by atoms with Crippen molar-refractivity contribution in [2.45, 2.75) is 31.7 Å². The van der Waals surface area contributed by atoms with E-state index in [4.69, 9.17) is 17.3 Å². The van der Waals surface area contributed by atoms with E-state index in [2.05, 4.69) is 4.98 Å². The molecular weight excluding hydrogens is 253 g/mol. The third kappa shape index (κ3) is 3.10. The van der Waals surface area contributed by atoms with Crippen LogP contribution >= 0.6 is 11.6 Å². The van der Waals surface area contributed by atoms with Crippen LogP contribution < -0.4 is 5.73 Å². The zero-order valence-corrected chi connectivity index (χ0v) is 10.3. The first kappa shape index (κ1) is 14.3. The highest BCUT2D eigenvalue weighted by molar-refractivity contribution is 6.31. The molecule has 2 nitrogen and oxygen atoms in total. The second-order valence-electron chi connectivity index (χ2n) is 4.08. The van der Waals surface area contributed by atoms with Crippen LogP contribution in [0.1, 0.15) is 31.0 Å². The van der Waals surface area contributed by atoms with Gasteiger partial charge in [-0.3, -0.25) is 4.98 Å². The molecule has 2 atom stereocenters. The van der Waals surface area contributed by atoms with Gasteiger partial charge in [0, 0.05) is 23.7 Å². The molecule has 0 saturated heterocycles. The molecule has 6 heteroatoms. The predicted octanol–water partition coefficient (Wildman–Crippen LogP) is 3.25. The molecule has 0 aromatic carbocycles. The van der Waals surface area contributed by atoms with Crippen LogP contribution in [-0.4, -0.2) is 17.7 Å². The highest BCUT2D eigenvalue weighted by Gasteiger charge is 2.33. The summed E-state index contributed by atoms with van der Waals surface area (Å²) in [6.45, 7) is 1.80. The van der Waals surface area contributed by atoms with Gasteiger partial charge in [-0.05, 0) is 13.0 Å². The summed E-state index contributed by atoms with van der Waals surface area (Å²) in [6.07, 6.45) is 0.944. The Morgan fingerprint density at radius 3 is 2.47 bits per heavy atom. The van der Waals surface area contributed by atoms with Crippen LogP contribution in [0.4, 0.5) is 13.2 Å². The third-order valence-corrected chi connectivity index (χ3v) is 2.98. The highest BCUT2D eigenvalue weighted by Crippen LogP contribution is 2.32. The van der Waals surface area contributed by atoms with Crippen molar-refractivity contribution < 1.29 is 13.2 Å². The molecule has 0 saturated carbocycles. The molecule has 1 aromatic heterocycles. The van der Waals surface area contributed by atoms with E-state index < -0.39 is 18.2 Å². The van der Waals surface area contributed by atoms with Gasteiger partial charge in [0.25, 0.3) is 0 Å². The molecule has 0 aliphatic rings. The van der Waals surface area contributed by atoms with Gasteiger partial charge in [0.15, 0.2) is 6.67 Å². The van der Waals surface area contributed by atoms with Gasteiger partial charge >= 0.3 is 5.92 Å². The van der Waals surface area contributed by atoms with Crippen LogP contribution in [0.15, 0.2) is 12.3 Å². The van der Waals surface area contributed by atoms with Gasteiger partial charge in [0.05, 0.1) is 10.7 Å². The van der Waals surface area contributed by atoms with Gasteiger partial charge in [-0.15, -0.1) is 0 Å². The Morgan fingerprint density at radius 1 is 1.47 bits per heavy atom. The number of halogens is 4. The standard InChI is InChI=1S/C11H14ClF3N2/c1-6(7(2)16)10-9(12)3-8(4-17-10)11(14,15)5-13/h3-4,6-7H,5,16H2,1-2H3. The Hall–Kier alpha value is -0.810. The molecule has 1 aromatic rings. The second-order valence-corrected chi connectivity index (χ2v) is 4.48. The van der Waals surface area contributed by atoms with Crippen molar-refractivity contribution in [2.24, 2.45) is 5.73 Å². The molecule has 96 valence electrons. The molecule has 0 aliphatic carbocycles. The predicted molar refractivity (Wildman–Crippen MR) is 61.2 cm³/mol. The second kappa shape index (κ2) is 5.23. The molecule has 2 N–H and O–H groups in total. The maximum Gasteiger partial charge on any atom is 0.302 e. The summed E-state index contributed by atoms with van der Waals surface area (Å²) in [5, 5.41) is 0.0837. The highest BCUT2D eigenvalue weighted by atomic mass is 35.5. The van der Waals surface area contributed by atoms with E-state index in [1.807, 2.05) is 0 Å². The van der Waals surface area contributed by atoms with Crippen molar-refractivity contribution in [1.82, 2.24) is 4.98 Å². The van der Waals surface area contributed by atoms with Crippen molar-refractivity contribution in [3.63, 3.8) is 0 Å². The van der Waals surface area contributed by atoms with Crippen molar-refractivity contribution in [3.05, 3.63) is 28.5 Å². The first-order valence-electron chi connectivity index (χ1n) is 5.15. The maximum absolute atomic E-state index is 13.1. The molecule has 0 aliphatic heterocycles. The van der Waals surface area contributed by atoms with Crippen LogP contribution in [-0.2, 0) is 5.92 Å². The molecule has 2 unspecified atom stereocenters. The Morgan fingerprint density at radius 2 is 2.06 bits per heavy atom. The molecular formula is C11H14ClF3N2. The monoisotopic (exact) mass is 266 g/mol. The smallest absolute Gasteiger partial charge is 0.302 e. The van der Waals surface area contributed by atoms with Crippen molar-refractivity contribution in [2.75, 3.05) is 6.67 Å². The molecule has 0 bridgehead atoms. The minimum atomic E-state index is -3.55. The van der Waals surface area contributed by atoms with Crippen molar-refractivity contribution >= 4 is 11.6 Å². The number of nitrogens with zero attached hydrogens (tertiary/aromatic N) is 1. The Kier molecular flexibility index (Phi) is 4.38. The van der Waals surface area contributed by atoms with Crippen molar-refractivity contribution in [1.29, 1.82) is 0 Å². The summed E-state index contributed by atoms with van der Waals surface area (Å²) in [5.74, 6) is -3.71. The maximum atomic E-state index is 13.1. The van der Waals surface area contributed by atoms with E-state index in [1.165, 1.54) is 0 Å². The Labute approximate surface area is 103 Å². The lowest BCUT2D eigenvalue weighted by Gasteiger charge is -2.18. The van der Waals surface area contributed by atoms with Gasteiger partial charge in [-0.25, -0.2) is 4.39 Å². The van der Waals surface area contributed by atoms with Crippen LogP contribution in [0.5, 0.6) is 0 Å². The number of hydrogen-bond acceptors (Lipinski definition) is 2. The van der Waals surface area contributed by atoms with Gasteiger partial charge in [-0.2, -0.15) is 8.78 Å². The van der Waals surface area contributed by atoms with E-state index >= 15 is 0 Å². The first-order valence-corrected chi connectivity index (χ1v) is 5.52. The number of rotatable bonds is 4. The minimum Gasteiger partial charge on any atom is -0.327 e. The SMILES string of the molecule is CC(N)C(C)c1ncc(C(F)(F)CF)cc1Cl. The number of alkyl halides is 3. The van der Waals surface area contributed by atoms with Crippen LogP contribution in [0.3, 0.4) is 0 Å². The quantitative estimate of drug-likeness (QED) is 0.909. The third-order valence-electron chi connectivity index (χ3n) is 2.68. The lowest BCUT2D eigenvalue weighted by Crippen LogP contribution is -2.24. The fourth-order valence-electron chi connectivity index (χ4n) is 1.31. The molecule has 1 heterocycles. The number of pyridine rings is 1. The number of nitrogens with two attached hydrogens (primary N) is 1. The average Bonchev–Trinajstić information content (AvgIpc) is 2.27. The number of aromatic nitrogens is 1. The van der Waals surface area contributed by atoms with E-state index in [9.17, 15) is 13.2 Å². The Bertz CT molecular complexity index is 396. The molecule has 17 heavy (non-hydrogen) atoms. The molecule has 0 fully saturated rings. The fraction of sp³-hybridized carbons (Fsp3) is 0.545. The summed E-state index contributed by atoms with van der Waals surface area (Å²) in [6, 6.07) is 0.843. The van der Waals surface area contributed by atoms with Gasteiger partial charge in [0.2, 0.25) is 0 Å². The van der Waals surface area contributed by atoms with Gasteiger partial charge in [-0.1, -0.05) is 18.5 Å². The first-order chi connectivity index (χ1) is 7.79. The van der Waals surface area contributed by atoms with E-state index in [0.29, 0.717) is 5.69 Å². The zero-order chi connectivity index (χ0) is 13.2. The Balaban J connectivity index is 3.10. The largest absolute Gasteiger partial charge is 0.327 e. The summed E-state index contributed by atoms with van der Waals surface area (Å²) in [7, 11) is 0. The van der Waals surface area contributed by atoms with Gasteiger partial charge in [0.1, 0.15) is 0 Å². The van der Waals surface area contributed by atoms with Gasteiger partial charge < -0.3 is 5.73 Å². The van der Waals surface area contributed by atoms with E-state index in [1.54, 1.807) is 13.8 Å². The molecule has 0 spiro atoms. The topological polar surface area (TPSA) is 38.9 Å². The zero-order valence-electron chi connectivity index (χ0n) is 9.55. The fourth-order valence-corrected chi connectivity index (χ4v) is 1.65. The van der Waals surface area contributed by atoms with Crippen LogP contribution in [0.25, 0.3) is 0 Å². The minimum absolute atomic E-state index is 0.0837. The summed E-state index contributed by atoms with van der Waals surface area (Å²) in [4.78, 5) is 3.86. The van der Waals surface area contributed by atoms with Crippen LogP contribution in [0, 0.1) is 0 Å². The molecule has 1 rings (SSSR count). The van der Waals surface area contributed by atoms with E-state index in [0.717, 1.165) is 12.3 Å². The summed E-state index contributed by atoms with van der Waals surface area (Å²) < 4.78 is 38.3. The molecule has 0 amide bonds. The summed E-state index contributed by atoms with van der Waals surface area (Å²) in [5.41, 5.74) is 5.60. The number of hydrogen-bond donors (Lipinski definition) is 1. The lowest BCUT2D eigenvalue weighted by atomic mass is 9.99. The van der Waals surface area contributed by atoms with Crippen LogP contribution in [0.2, 0.25) is 5.02 Å². The normalized spacial score (nSPS) is 15.7. The average molecular weight is 267 g/mol. The summed E-state index contributed by atoms with van der Waals surface area (Å²) >= 11 is 5.86. The lowest BCUT2D eigenvalue weighted by molar-refractivity contribution is -0.0284.